The second-order valence-electron chi connectivity index (χ2n) is 6.84. The molecule has 1 saturated heterocycles. The van der Waals surface area contributed by atoms with Crippen LogP contribution in [0.2, 0.25) is 0 Å². The van der Waals surface area contributed by atoms with Crippen LogP contribution in [0.1, 0.15) is 26.2 Å². The second-order valence-corrected chi connectivity index (χ2v) is 6.84. The van der Waals surface area contributed by atoms with Crippen molar-refractivity contribution in [1.29, 1.82) is 0 Å². The van der Waals surface area contributed by atoms with Gasteiger partial charge in [0.15, 0.2) is 0 Å². The van der Waals surface area contributed by atoms with Crippen molar-refractivity contribution < 1.29 is 9.18 Å². The highest BCUT2D eigenvalue weighted by Crippen LogP contribution is 2.48. The van der Waals surface area contributed by atoms with Crippen LogP contribution in [0.5, 0.6) is 0 Å². The largest absolute Gasteiger partial charge is 0.385 e. The number of likely N-dealkylation sites (tertiary alicyclic amines) is 1. The standard InChI is InChI=1S/C17H23FN4O/c1-11(19)14-6-13(18)8-22(12(14)2)16(23)7-15(20)21-9-17(10-21)4-3-5-17/h6-8,11H,2-5,9-10,19-20H2,1H3/b15-7+. The number of amides is 1. The van der Waals surface area contributed by atoms with Crippen molar-refractivity contribution in [3.63, 3.8) is 0 Å². The Bertz CT molecular complexity index is 635. The lowest BCUT2D eigenvalue weighted by atomic mass is 9.63. The molecule has 2 aliphatic heterocycles. The van der Waals surface area contributed by atoms with Crippen LogP contribution in [0.15, 0.2) is 47.8 Å². The molecule has 124 valence electrons. The number of hydrogen-bond acceptors (Lipinski definition) is 4. The highest BCUT2D eigenvalue weighted by Gasteiger charge is 2.47. The maximum atomic E-state index is 13.7. The van der Waals surface area contributed by atoms with Crippen LogP contribution in [-0.4, -0.2) is 34.8 Å². The predicted molar refractivity (Wildman–Crippen MR) is 87.0 cm³/mol. The fourth-order valence-corrected chi connectivity index (χ4v) is 3.43. The van der Waals surface area contributed by atoms with E-state index < -0.39 is 17.8 Å². The summed E-state index contributed by atoms with van der Waals surface area (Å²) in [5, 5.41) is 0. The van der Waals surface area contributed by atoms with Gasteiger partial charge in [-0.15, -0.1) is 0 Å². The van der Waals surface area contributed by atoms with Gasteiger partial charge in [-0.2, -0.15) is 0 Å². The Labute approximate surface area is 135 Å². The van der Waals surface area contributed by atoms with Gasteiger partial charge in [0.2, 0.25) is 0 Å². The van der Waals surface area contributed by atoms with Gasteiger partial charge in [0.25, 0.3) is 5.91 Å². The lowest BCUT2D eigenvalue weighted by molar-refractivity contribution is -0.122. The molecule has 2 fully saturated rings. The number of carbonyl (C=O) groups is 1. The first kappa shape index (κ1) is 15.8. The maximum Gasteiger partial charge on any atom is 0.258 e. The number of rotatable bonds is 3. The van der Waals surface area contributed by atoms with E-state index in [4.69, 9.17) is 11.5 Å². The van der Waals surface area contributed by atoms with Gasteiger partial charge in [-0.05, 0) is 31.4 Å². The first-order valence-corrected chi connectivity index (χ1v) is 7.90. The van der Waals surface area contributed by atoms with Gasteiger partial charge in [-0.1, -0.05) is 13.0 Å². The molecule has 0 aromatic carbocycles. The molecular formula is C17H23FN4O. The Hall–Kier alpha value is -2.08. The van der Waals surface area contributed by atoms with Crippen LogP contribution < -0.4 is 11.5 Å². The van der Waals surface area contributed by atoms with E-state index in [1.165, 1.54) is 36.3 Å². The maximum absolute atomic E-state index is 13.7. The van der Waals surface area contributed by atoms with Crippen molar-refractivity contribution in [3.05, 3.63) is 47.8 Å². The molecule has 1 spiro atoms. The van der Waals surface area contributed by atoms with Gasteiger partial charge >= 0.3 is 0 Å². The quantitative estimate of drug-likeness (QED) is 0.777. The van der Waals surface area contributed by atoms with E-state index in [1.807, 2.05) is 4.90 Å². The minimum absolute atomic E-state index is 0.384. The van der Waals surface area contributed by atoms with E-state index >= 15 is 0 Å². The summed E-state index contributed by atoms with van der Waals surface area (Å²) in [4.78, 5) is 15.6. The highest BCUT2D eigenvalue weighted by molar-refractivity contribution is 5.91. The molecule has 0 aromatic rings. The van der Waals surface area contributed by atoms with E-state index in [0.29, 0.717) is 22.5 Å². The minimum Gasteiger partial charge on any atom is -0.385 e. The summed E-state index contributed by atoms with van der Waals surface area (Å²) >= 11 is 0. The molecule has 1 saturated carbocycles. The summed E-state index contributed by atoms with van der Waals surface area (Å²) in [5.41, 5.74) is 13.1. The molecule has 3 rings (SSSR count). The normalized spacial score (nSPS) is 24.7. The topological polar surface area (TPSA) is 75.6 Å². The Morgan fingerprint density at radius 2 is 2.13 bits per heavy atom. The summed E-state index contributed by atoms with van der Waals surface area (Å²) in [5.74, 6) is -0.517. The number of halogens is 1. The average molecular weight is 318 g/mol. The number of hydrogen-bond donors (Lipinski definition) is 2. The van der Waals surface area contributed by atoms with Crippen LogP contribution in [-0.2, 0) is 4.79 Å². The first-order valence-electron chi connectivity index (χ1n) is 7.90. The molecule has 6 heteroatoms. The molecule has 1 aliphatic carbocycles. The Morgan fingerprint density at radius 1 is 1.48 bits per heavy atom. The molecule has 0 radical (unpaired) electrons. The van der Waals surface area contributed by atoms with Gasteiger partial charge in [-0.3, -0.25) is 9.69 Å². The molecule has 1 unspecified atom stereocenters. The lowest BCUT2D eigenvalue weighted by Crippen LogP contribution is -2.60. The van der Waals surface area contributed by atoms with Crippen molar-refractivity contribution >= 4 is 5.91 Å². The van der Waals surface area contributed by atoms with Gasteiger partial charge in [-0.25, -0.2) is 4.39 Å². The molecule has 5 nitrogen and oxygen atoms in total. The zero-order chi connectivity index (χ0) is 16.8. The fourth-order valence-electron chi connectivity index (χ4n) is 3.43. The monoisotopic (exact) mass is 318 g/mol. The lowest BCUT2D eigenvalue weighted by Gasteiger charge is -2.56. The van der Waals surface area contributed by atoms with Gasteiger partial charge in [0.05, 0.1) is 0 Å². The summed E-state index contributed by atoms with van der Waals surface area (Å²) < 4.78 is 13.7. The predicted octanol–water partition coefficient (Wildman–Crippen LogP) is 1.71. The average Bonchev–Trinajstić information content (AvgIpc) is 2.37. The van der Waals surface area contributed by atoms with Crippen molar-refractivity contribution in [3.8, 4) is 0 Å². The third kappa shape index (κ3) is 2.79. The smallest absolute Gasteiger partial charge is 0.258 e. The van der Waals surface area contributed by atoms with E-state index in [9.17, 15) is 9.18 Å². The molecule has 2 heterocycles. The SMILES string of the molecule is C=C1C(C(C)N)=CC(F)=CN1C(=O)/C=C(\N)N1CC2(CCC2)C1. The van der Waals surface area contributed by atoms with Crippen molar-refractivity contribution in [2.24, 2.45) is 16.9 Å². The Balaban J connectivity index is 1.69. The summed E-state index contributed by atoms with van der Waals surface area (Å²) in [6.07, 6.45) is 7.52. The van der Waals surface area contributed by atoms with Crippen LogP contribution in [0.3, 0.4) is 0 Å². The number of carbonyl (C=O) groups excluding carboxylic acids is 1. The van der Waals surface area contributed by atoms with E-state index in [-0.39, 0.29) is 0 Å². The third-order valence-corrected chi connectivity index (χ3v) is 5.00. The molecule has 3 aliphatic rings. The van der Waals surface area contributed by atoms with E-state index in [0.717, 1.165) is 19.3 Å². The first-order chi connectivity index (χ1) is 10.8. The highest BCUT2D eigenvalue weighted by atomic mass is 19.1. The fraction of sp³-hybridized carbons (Fsp3) is 0.471. The third-order valence-electron chi connectivity index (χ3n) is 5.00. The summed E-state index contributed by atoms with van der Waals surface area (Å²) in [7, 11) is 0. The number of allylic oxidation sites excluding steroid dienone is 2. The summed E-state index contributed by atoms with van der Waals surface area (Å²) in [6.45, 7) is 7.37. The Morgan fingerprint density at radius 3 is 2.65 bits per heavy atom. The van der Waals surface area contributed by atoms with Crippen molar-refractivity contribution in [2.75, 3.05) is 13.1 Å². The summed E-state index contributed by atoms with van der Waals surface area (Å²) in [6, 6.07) is -0.410. The zero-order valence-corrected chi connectivity index (χ0v) is 13.4. The molecule has 1 atom stereocenters. The number of nitrogens with two attached hydrogens (primary N) is 2. The van der Waals surface area contributed by atoms with E-state index in [1.54, 1.807) is 6.92 Å². The molecule has 4 N–H and O–H groups in total. The minimum atomic E-state index is -0.526. The number of nitrogens with zero attached hydrogens (tertiary/aromatic N) is 2. The molecular weight excluding hydrogens is 295 g/mol. The Kier molecular flexibility index (Phi) is 3.80. The molecule has 23 heavy (non-hydrogen) atoms. The zero-order valence-electron chi connectivity index (χ0n) is 13.4. The molecule has 0 aromatic heterocycles. The van der Waals surface area contributed by atoms with Crippen molar-refractivity contribution in [2.45, 2.75) is 32.2 Å². The van der Waals surface area contributed by atoms with Gasteiger partial charge in [0.1, 0.15) is 11.6 Å². The molecule has 1 amide bonds. The van der Waals surface area contributed by atoms with E-state index in [2.05, 4.69) is 6.58 Å². The van der Waals surface area contributed by atoms with Crippen LogP contribution in [0.4, 0.5) is 4.39 Å². The van der Waals surface area contributed by atoms with Crippen LogP contribution >= 0.6 is 0 Å². The molecule has 0 bridgehead atoms. The van der Waals surface area contributed by atoms with Crippen LogP contribution in [0, 0.1) is 5.41 Å². The van der Waals surface area contributed by atoms with Gasteiger partial charge < -0.3 is 16.4 Å². The van der Waals surface area contributed by atoms with Gasteiger partial charge in [0, 0.05) is 42.5 Å². The second kappa shape index (κ2) is 5.53. The van der Waals surface area contributed by atoms with Crippen LogP contribution in [0.25, 0.3) is 0 Å². The van der Waals surface area contributed by atoms with Crippen molar-refractivity contribution in [1.82, 2.24) is 9.80 Å².